The van der Waals surface area contributed by atoms with E-state index < -0.39 is 0 Å². The fourth-order valence-corrected chi connectivity index (χ4v) is 9.08. The van der Waals surface area contributed by atoms with Crippen molar-refractivity contribution < 1.29 is 14.3 Å². The highest BCUT2D eigenvalue weighted by Crippen LogP contribution is 2.68. The Kier molecular flexibility index (Phi) is 6.60. The van der Waals surface area contributed by atoms with Gasteiger partial charge in [0.15, 0.2) is 0 Å². The number of hydrogen-bond acceptors (Lipinski definition) is 5. The van der Waals surface area contributed by atoms with Crippen LogP contribution >= 0.6 is 0 Å². The Balaban J connectivity index is 1.29. The Morgan fingerprint density at radius 1 is 1.08 bits per heavy atom. The normalized spacial score (nSPS) is 35.9. The van der Waals surface area contributed by atoms with Crippen molar-refractivity contribution in [3.63, 3.8) is 0 Å². The number of fused-ring (bicyclic) bond motifs is 5. The maximum atomic E-state index is 11.6. The summed E-state index contributed by atoms with van der Waals surface area (Å²) in [7, 11) is 0. The lowest BCUT2D eigenvalue weighted by Gasteiger charge is -2.58. The molecule has 3 fully saturated rings. The molecule has 2 aromatic rings. The number of esters is 1. The molecule has 0 spiro atoms. The van der Waals surface area contributed by atoms with Gasteiger partial charge in [-0.05, 0) is 98.1 Å². The summed E-state index contributed by atoms with van der Waals surface area (Å²) in [6, 6.07) is 8.49. The number of pyridine rings is 2. The van der Waals surface area contributed by atoms with Crippen molar-refractivity contribution in [3.8, 4) is 17.0 Å². The summed E-state index contributed by atoms with van der Waals surface area (Å²) in [6.45, 7) is 9.25. The third-order valence-electron chi connectivity index (χ3n) is 10.9. The maximum Gasteiger partial charge on any atom is 0.302 e. The van der Waals surface area contributed by atoms with Crippen LogP contribution in [0.3, 0.4) is 0 Å². The topological polar surface area (TPSA) is 61.3 Å². The van der Waals surface area contributed by atoms with Crippen LogP contribution in [-0.2, 0) is 9.53 Å². The lowest BCUT2D eigenvalue weighted by Crippen LogP contribution is -2.50. The molecule has 0 unspecified atom stereocenters. The quantitative estimate of drug-likeness (QED) is 0.305. The van der Waals surface area contributed by atoms with Gasteiger partial charge in [0.05, 0.1) is 6.61 Å². The number of allylic oxidation sites excluding steroid dienone is 1. The smallest absolute Gasteiger partial charge is 0.302 e. The average Bonchev–Trinajstić information content (AvgIpc) is 3.26. The van der Waals surface area contributed by atoms with Gasteiger partial charge >= 0.3 is 5.97 Å². The Bertz CT molecular complexity index is 1230. The minimum absolute atomic E-state index is 0.0609. The molecule has 0 radical (unpaired) electrons. The van der Waals surface area contributed by atoms with E-state index in [9.17, 15) is 4.79 Å². The Morgan fingerprint density at radius 3 is 2.71 bits per heavy atom. The van der Waals surface area contributed by atoms with E-state index >= 15 is 0 Å². The molecule has 0 N–H and O–H groups in total. The van der Waals surface area contributed by atoms with Crippen LogP contribution in [-0.4, -0.2) is 28.6 Å². The molecular weight excluding hydrogens is 472 g/mol. The van der Waals surface area contributed by atoms with Crippen LogP contribution < -0.4 is 4.74 Å². The molecule has 6 rings (SSSR count). The van der Waals surface area contributed by atoms with Crippen molar-refractivity contribution in [2.24, 2.45) is 28.6 Å². The molecule has 0 amide bonds. The van der Waals surface area contributed by atoms with Gasteiger partial charge in [-0.3, -0.25) is 9.78 Å². The summed E-state index contributed by atoms with van der Waals surface area (Å²) in [5.41, 5.74) is 5.51. The van der Waals surface area contributed by atoms with Crippen LogP contribution in [0.1, 0.15) is 90.7 Å². The van der Waals surface area contributed by atoms with Crippen molar-refractivity contribution in [1.82, 2.24) is 9.97 Å². The SMILES string of the molecule is CCOc1cc(-c2cccnc2)cc([C@H]2CC[C@H]3[C@@H]4CC=C5C[C@@H](OC(C)=O)CC[C@]5(C)[C@H]4CC[C@]23C)n1. The number of carbonyl (C=O) groups excluding carboxylic acids is 1. The first-order chi connectivity index (χ1) is 18.3. The Morgan fingerprint density at radius 2 is 1.95 bits per heavy atom. The van der Waals surface area contributed by atoms with E-state index in [1.807, 2.05) is 25.4 Å². The molecule has 2 aromatic heterocycles. The van der Waals surface area contributed by atoms with E-state index in [1.165, 1.54) is 44.7 Å². The molecule has 2 heterocycles. The van der Waals surface area contributed by atoms with Crippen LogP contribution in [0.25, 0.3) is 11.1 Å². The minimum atomic E-state index is -0.146. The summed E-state index contributed by atoms with van der Waals surface area (Å²) in [5.74, 6) is 3.20. The van der Waals surface area contributed by atoms with Gasteiger partial charge in [0.2, 0.25) is 5.88 Å². The molecular formula is C33H42N2O3. The highest BCUT2D eigenvalue weighted by Gasteiger charge is 2.59. The monoisotopic (exact) mass is 514 g/mol. The molecule has 0 saturated heterocycles. The van der Waals surface area contributed by atoms with Gasteiger partial charge in [0.25, 0.3) is 0 Å². The van der Waals surface area contributed by atoms with Crippen molar-refractivity contribution in [3.05, 3.63) is 54.0 Å². The van der Waals surface area contributed by atoms with E-state index in [2.05, 4.69) is 43.1 Å². The van der Waals surface area contributed by atoms with Crippen molar-refractivity contribution in [2.45, 2.75) is 91.1 Å². The average molecular weight is 515 g/mol. The van der Waals surface area contributed by atoms with Gasteiger partial charge in [-0.2, -0.15) is 0 Å². The Labute approximate surface area is 227 Å². The maximum absolute atomic E-state index is 11.6. The minimum Gasteiger partial charge on any atom is -0.478 e. The number of nitrogens with zero attached hydrogens (tertiary/aromatic N) is 2. The lowest BCUT2D eigenvalue weighted by atomic mass is 9.47. The predicted octanol–water partition coefficient (Wildman–Crippen LogP) is 7.52. The first kappa shape index (κ1) is 25.6. The molecule has 0 aromatic carbocycles. The largest absolute Gasteiger partial charge is 0.478 e. The van der Waals surface area contributed by atoms with Gasteiger partial charge in [0, 0.05) is 49.0 Å². The van der Waals surface area contributed by atoms with E-state index in [4.69, 9.17) is 14.5 Å². The zero-order chi connectivity index (χ0) is 26.5. The molecule has 0 aliphatic heterocycles. The number of ether oxygens (including phenoxy) is 2. The number of aromatic nitrogens is 2. The summed E-state index contributed by atoms with van der Waals surface area (Å²) in [5, 5.41) is 0. The highest BCUT2D eigenvalue weighted by molar-refractivity contribution is 5.66. The summed E-state index contributed by atoms with van der Waals surface area (Å²) < 4.78 is 11.6. The fraction of sp³-hybridized carbons (Fsp3) is 0.606. The number of rotatable bonds is 5. The molecule has 5 heteroatoms. The second-order valence-electron chi connectivity index (χ2n) is 12.7. The van der Waals surface area contributed by atoms with Gasteiger partial charge in [-0.25, -0.2) is 4.98 Å². The Hall–Kier alpha value is -2.69. The second-order valence-corrected chi connectivity index (χ2v) is 12.7. The van der Waals surface area contributed by atoms with Crippen LogP contribution in [0.5, 0.6) is 5.88 Å². The molecule has 4 aliphatic carbocycles. The summed E-state index contributed by atoms with van der Waals surface area (Å²) in [6.07, 6.45) is 15.6. The fourth-order valence-electron chi connectivity index (χ4n) is 9.08. The van der Waals surface area contributed by atoms with Crippen molar-refractivity contribution in [1.29, 1.82) is 0 Å². The van der Waals surface area contributed by atoms with Crippen LogP contribution in [0, 0.1) is 28.6 Å². The van der Waals surface area contributed by atoms with Gasteiger partial charge in [-0.1, -0.05) is 31.6 Å². The van der Waals surface area contributed by atoms with Crippen molar-refractivity contribution in [2.75, 3.05) is 6.61 Å². The van der Waals surface area contributed by atoms with Crippen LogP contribution in [0.15, 0.2) is 48.3 Å². The van der Waals surface area contributed by atoms with E-state index in [0.29, 0.717) is 18.4 Å². The van der Waals surface area contributed by atoms with Crippen LogP contribution in [0.4, 0.5) is 0 Å². The first-order valence-corrected chi connectivity index (χ1v) is 14.7. The van der Waals surface area contributed by atoms with Crippen molar-refractivity contribution >= 4 is 5.97 Å². The summed E-state index contributed by atoms with van der Waals surface area (Å²) in [4.78, 5) is 21.0. The highest BCUT2D eigenvalue weighted by atomic mass is 16.5. The van der Waals surface area contributed by atoms with Gasteiger partial charge in [-0.15, -0.1) is 0 Å². The molecule has 7 atom stereocenters. The molecule has 4 aliphatic rings. The zero-order valence-electron chi connectivity index (χ0n) is 23.4. The molecule has 0 bridgehead atoms. The second kappa shape index (κ2) is 9.81. The van der Waals surface area contributed by atoms with Gasteiger partial charge < -0.3 is 9.47 Å². The van der Waals surface area contributed by atoms with E-state index in [0.717, 1.165) is 48.1 Å². The third kappa shape index (κ3) is 4.26. The number of hydrogen-bond donors (Lipinski definition) is 0. The molecule has 202 valence electrons. The zero-order valence-corrected chi connectivity index (χ0v) is 23.4. The molecule has 5 nitrogen and oxygen atoms in total. The molecule has 3 saturated carbocycles. The molecule has 38 heavy (non-hydrogen) atoms. The summed E-state index contributed by atoms with van der Waals surface area (Å²) >= 11 is 0. The first-order valence-electron chi connectivity index (χ1n) is 14.7. The van der Waals surface area contributed by atoms with Crippen LogP contribution in [0.2, 0.25) is 0 Å². The lowest BCUT2D eigenvalue weighted by molar-refractivity contribution is -0.148. The third-order valence-corrected chi connectivity index (χ3v) is 10.9. The van der Waals surface area contributed by atoms with Gasteiger partial charge in [0.1, 0.15) is 6.10 Å². The van der Waals surface area contributed by atoms with E-state index in [-0.39, 0.29) is 22.9 Å². The number of carbonyl (C=O) groups is 1. The predicted molar refractivity (Wildman–Crippen MR) is 149 cm³/mol. The standard InChI is InChI=1S/C33H42N2O3/c1-5-37-31-18-23(22-7-6-16-34-20-22)17-30(35-31)29-11-10-27-26-9-8-24-19-25(38-21(2)36)12-14-32(24,3)28(26)13-15-33(27,29)4/h6-8,16-18,20,25-29H,5,9-15,19H2,1-4H3/t25-,26-,27-,28-,29+,32-,33-/m0/s1. The van der Waals surface area contributed by atoms with E-state index in [1.54, 1.807) is 5.57 Å².